The largest absolute Gasteiger partial charge is 0.481 e. The van der Waals surface area contributed by atoms with Gasteiger partial charge in [-0.05, 0) is 69.9 Å². The Morgan fingerprint density at radius 3 is 2.58 bits per heavy atom. The molecule has 0 spiro atoms. The van der Waals surface area contributed by atoms with E-state index in [2.05, 4.69) is 5.32 Å². The number of anilines is 1. The fourth-order valence-electron chi connectivity index (χ4n) is 3.64. The summed E-state index contributed by atoms with van der Waals surface area (Å²) < 4.78 is 11.6. The maximum absolute atomic E-state index is 13.2. The number of nitrogens with zero attached hydrogens (tertiary/aromatic N) is 1. The van der Waals surface area contributed by atoms with Gasteiger partial charge in [-0.2, -0.15) is 0 Å². The van der Waals surface area contributed by atoms with Gasteiger partial charge in [-0.25, -0.2) is 0 Å². The molecule has 31 heavy (non-hydrogen) atoms. The molecule has 1 fully saturated rings. The molecule has 3 rings (SSSR count). The van der Waals surface area contributed by atoms with Crippen molar-refractivity contribution in [1.82, 2.24) is 4.90 Å². The summed E-state index contributed by atoms with van der Waals surface area (Å²) in [5.74, 6) is 0.165. The molecule has 1 saturated heterocycles. The van der Waals surface area contributed by atoms with Crippen LogP contribution in [-0.2, 0) is 14.3 Å². The average molecular weight is 425 g/mol. The molecule has 166 valence electrons. The smallest absolute Gasteiger partial charge is 0.263 e. The summed E-state index contributed by atoms with van der Waals surface area (Å²) in [7, 11) is 0. The number of hydrogen-bond acceptors (Lipinski definition) is 4. The maximum Gasteiger partial charge on any atom is 0.263 e. The van der Waals surface area contributed by atoms with E-state index in [4.69, 9.17) is 9.47 Å². The Morgan fingerprint density at radius 1 is 1.16 bits per heavy atom. The first-order valence-corrected chi connectivity index (χ1v) is 10.8. The molecule has 6 heteroatoms. The average Bonchev–Trinajstić information content (AvgIpc) is 3.25. The molecule has 1 N–H and O–H groups in total. The lowest BCUT2D eigenvalue weighted by atomic mass is 10.1. The van der Waals surface area contributed by atoms with E-state index in [1.165, 1.54) is 0 Å². The molecule has 0 saturated carbocycles. The van der Waals surface area contributed by atoms with E-state index in [9.17, 15) is 9.59 Å². The summed E-state index contributed by atoms with van der Waals surface area (Å²) in [5, 5.41) is 2.94. The summed E-state index contributed by atoms with van der Waals surface area (Å²) in [6.07, 6.45) is 1.09. The van der Waals surface area contributed by atoms with Crippen LogP contribution in [0.4, 0.5) is 5.69 Å². The lowest BCUT2D eigenvalue weighted by molar-refractivity contribution is -0.142. The number of nitrogens with one attached hydrogen (secondary N) is 1. The zero-order chi connectivity index (χ0) is 22.4. The van der Waals surface area contributed by atoms with Crippen LogP contribution in [0.15, 0.2) is 42.5 Å². The Morgan fingerprint density at radius 2 is 1.90 bits per heavy atom. The van der Waals surface area contributed by atoms with E-state index in [0.717, 1.165) is 35.2 Å². The number of aryl methyl sites for hydroxylation is 2. The number of carbonyl (C=O) groups is 2. The summed E-state index contributed by atoms with van der Waals surface area (Å²) in [5.41, 5.74) is 4.00. The van der Waals surface area contributed by atoms with Crippen molar-refractivity contribution in [2.75, 3.05) is 25.0 Å². The zero-order valence-corrected chi connectivity index (χ0v) is 18.8. The van der Waals surface area contributed by atoms with Crippen LogP contribution in [0.2, 0.25) is 0 Å². The Labute approximate surface area is 184 Å². The third-order valence-corrected chi connectivity index (χ3v) is 5.65. The molecule has 0 aromatic heterocycles. The van der Waals surface area contributed by atoms with E-state index >= 15 is 0 Å². The number of rotatable bonds is 8. The van der Waals surface area contributed by atoms with Crippen molar-refractivity contribution >= 4 is 17.5 Å². The second-order valence-electron chi connectivity index (χ2n) is 8.22. The molecule has 6 nitrogen and oxygen atoms in total. The van der Waals surface area contributed by atoms with Crippen molar-refractivity contribution in [2.24, 2.45) is 0 Å². The minimum atomic E-state index is -0.711. The van der Waals surface area contributed by atoms with Gasteiger partial charge in [0.2, 0.25) is 5.91 Å². The van der Waals surface area contributed by atoms with Crippen molar-refractivity contribution < 1.29 is 19.1 Å². The van der Waals surface area contributed by atoms with Crippen LogP contribution in [0.3, 0.4) is 0 Å². The topological polar surface area (TPSA) is 67.9 Å². The fraction of sp³-hybridized carbons (Fsp3) is 0.440. The molecule has 0 bridgehead atoms. The first kappa shape index (κ1) is 22.8. The Balaban J connectivity index is 1.68. The minimum Gasteiger partial charge on any atom is -0.481 e. The van der Waals surface area contributed by atoms with E-state index in [1.807, 2.05) is 63.2 Å². The van der Waals surface area contributed by atoms with E-state index in [-0.39, 0.29) is 24.5 Å². The van der Waals surface area contributed by atoms with Crippen LogP contribution in [0, 0.1) is 20.8 Å². The number of carbonyl (C=O) groups excluding carboxylic acids is 2. The number of amides is 2. The molecule has 2 unspecified atom stereocenters. The zero-order valence-electron chi connectivity index (χ0n) is 18.8. The Hall–Kier alpha value is -2.86. The van der Waals surface area contributed by atoms with Crippen molar-refractivity contribution in [3.8, 4) is 5.75 Å². The number of benzene rings is 2. The second-order valence-corrected chi connectivity index (χ2v) is 8.22. The van der Waals surface area contributed by atoms with Gasteiger partial charge in [-0.3, -0.25) is 9.59 Å². The van der Waals surface area contributed by atoms with E-state index < -0.39 is 6.10 Å². The van der Waals surface area contributed by atoms with Gasteiger partial charge in [-0.15, -0.1) is 0 Å². The van der Waals surface area contributed by atoms with Gasteiger partial charge in [0.05, 0.1) is 6.10 Å². The monoisotopic (exact) mass is 424 g/mol. The highest BCUT2D eigenvalue weighted by Crippen LogP contribution is 2.19. The number of hydrogen-bond donors (Lipinski definition) is 1. The van der Waals surface area contributed by atoms with Gasteiger partial charge in [0.1, 0.15) is 12.3 Å². The highest BCUT2D eigenvalue weighted by molar-refractivity contribution is 5.95. The van der Waals surface area contributed by atoms with E-state index in [1.54, 1.807) is 11.8 Å². The molecule has 1 aliphatic rings. The standard InChI is InChI=1S/C25H32N2O4/c1-17-10-12-21(13-11-17)31-20(4)25(29)27(15-22-8-6-14-30-22)16-24(28)26-23-9-5-7-18(2)19(23)3/h5,7,9-13,20,22H,6,8,14-16H2,1-4H3,(H,26,28). The van der Waals surface area contributed by atoms with Crippen LogP contribution >= 0.6 is 0 Å². The summed E-state index contributed by atoms with van der Waals surface area (Å²) >= 11 is 0. The van der Waals surface area contributed by atoms with Gasteiger partial charge in [-0.1, -0.05) is 29.8 Å². The van der Waals surface area contributed by atoms with Gasteiger partial charge < -0.3 is 19.7 Å². The molecule has 2 amide bonds. The third-order valence-electron chi connectivity index (χ3n) is 5.65. The van der Waals surface area contributed by atoms with Crippen molar-refractivity contribution in [1.29, 1.82) is 0 Å². The van der Waals surface area contributed by atoms with Crippen LogP contribution in [0.5, 0.6) is 5.75 Å². The molecule has 1 aliphatic heterocycles. The molecule has 0 radical (unpaired) electrons. The van der Waals surface area contributed by atoms with Gasteiger partial charge >= 0.3 is 0 Å². The third kappa shape index (κ3) is 6.31. The lowest BCUT2D eigenvalue weighted by Crippen LogP contribution is -2.47. The number of ether oxygens (including phenoxy) is 2. The molecule has 1 heterocycles. The van der Waals surface area contributed by atoms with Crippen molar-refractivity contribution in [3.63, 3.8) is 0 Å². The first-order chi connectivity index (χ1) is 14.8. The molecular weight excluding hydrogens is 392 g/mol. The highest BCUT2D eigenvalue weighted by Gasteiger charge is 2.28. The maximum atomic E-state index is 13.2. The van der Waals surface area contributed by atoms with E-state index in [0.29, 0.717) is 18.9 Å². The van der Waals surface area contributed by atoms with Gasteiger partial charge in [0.25, 0.3) is 5.91 Å². The van der Waals surface area contributed by atoms with Crippen LogP contribution in [-0.4, -0.2) is 48.6 Å². The first-order valence-electron chi connectivity index (χ1n) is 10.8. The summed E-state index contributed by atoms with van der Waals surface area (Å²) in [6.45, 7) is 8.70. The summed E-state index contributed by atoms with van der Waals surface area (Å²) in [4.78, 5) is 27.5. The van der Waals surface area contributed by atoms with Crippen molar-refractivity contribution in [2.45, 2.75) is 52.7 Å². The SMILES string of the molecule is Cc1ccc(OC(C)C(=O)N(CC(=O)Nc2cccc(C)c2C)CC2CCCO2)cc1. The second kappa shape index (κ2) is 10.4. The van der Waals surface area contributed by atoms with Crippen LogP contribution in [0.1, 0.15) is 36.5 Å². The Kier molecular flexibility index (Phi) is 7.69. The predicted molar refractivity (Wildman–Crippen MR) is 121 cm³/mol. The van der Waals surface area contributed by atoms with Crippen molar-refractivity contribution in [3.05, 3.63) is 59.2 Å². The minimum absolute atomic E-state index is 0.0479. The molecule has 0 aliphatic carbocycles. The molecule has 2 aromatic carbocycles. The quantitative estimate of drug-likeness (QED) is 0.695. The predicted octanol–water partition coefficient (Wildman–Crippen LogP) is 4.03. The van der Waals surface area contributed by atoms with Crippen LogP contribution < -0.4 is 10.1 Å². The van der Waals surface area contributed by atoms with Crippen LogP contribution in [0.25, 0.3) is 0 Å². The molecule has 2 atom stereocenters. The summed E-state index contributed by atoms with van der Waals surface area (Å²) in [6, 6.07) is 13.3. The normalized spacial score (nSPS) is 16.6. The van der Waals surface area contributed by atoms with Gasteiger partial charge in [0.15, 0.2) is 6.10 Å². The highest BCUT2D eigenvalue weighted by atomic mass is 16.5. The van der Waals surface area contributed by atoms with Gasteiger partial charge in [0, 0.05) is 18.8 Å². The Bertz CT molecular complexity index is 904. The molecular formula is C25H32N2O4. The lowest BCUT2D eigenvalue weighted by Gasteiger charge is -2.28. The molecule has 2 aromatic rings. The fourth-order valence-corrected chi connectivity index (χ4v) is 3.64.